The molecule has 4 rings (SSSR count). The lowest BCUT2D eigenvalue weighted by Crippen LogP contribution is -2.18. The summed E-state index contributed by atoms with van der Waals surface area (Å²) in [5, 5.41) is 15.4. The van der Waals surface area contributed by atoms with Crippen LogP contribution in [0.4, 0.5) is 0 Å². The largest absolute Gasteiger partial charge is 0.497 e. The highest BCUT2D eigenvalue weighted by Gasteiger charge is 2.15. The molecule has 5 heteroatoms. The summed E-state index contributed by atoms with van der Waals surface area (Å²) in [7, 11) is 1.68. The molecular formula is C28H28ClNO3. The summed E-state index contributed by atoms with van der Waals surface area (Å²) in [6, 6.07) is 26.3. The third-order valence-corrected chi connectivity index (χ3v) is 5.98. The molecule has 0 aromatic heterocycles. The van der Waals surface area contributed by atoms with Crippen LogP contribution in [0.15, 0.2) is 78.9 Å². The quantitative estimate of drug-likeness (QED) is 0.318. The molecule has 4 nitrogen and oxygen atoms in total. The number of fused-ring (bicyclic) bond motifs is 1. The molecule has 4 aromatic carbocycles. The molecule has 0 aliphatic rings. The first kappa shape index (κ1) is 24.3. The van der Waals surface area contributed by atoms with Gasteiger partial charge in [-0.3, -0.25) is 0 Å². The molecule has 0 fully saturated rings. The molecule has 0 saturated heterocycles. The lowest BCUT2D eigenvalue weighted by Gasteiger charge is -2.17. The van der Waals surface area contributed by atoms with E-state index in [0.29, 0.717) is 12.1 Å². The van der Waals surface area contributed by atoms with Crippen molar-refractivity contribution in [2.24, 2.45) is 0 Å². The van der Waals surface area contributed by atoms with Gasteiger partial charge in [0.15, 0.2) is 0 Å². The van der Waals surface area contributed by atoms with Crippen LogP contribution in [-0.4, -0.2) is 18.2 Å². The summed E-state index contributed by atoms with van der Waals surface area (Å²) in [5.74, 6) is -0.0588. The number of aromatic carboxylic acids is 1. The molecule has 1 atom stereocenters. The fraction of sp³-hybridized carbons (Fsp3) is 0.179. The number of carbonyl (C=O) groups is 1. The third kappa shape index (κ3) is 5.19. The minimum Gasteiger partial charge on any atom is -0.497 e. The number of hydrogen-bond donors (Lipinski definition) is 2. The fourth-order valence-electron chi connectivity index (χ4n) is 4.16. The highest BCUT2D eigenvalue weighted by molar-refractivity contribution is 6.00. The summed E-state index contributed by atoms with van der Waals surface area (Å²) in [6.45, 7) is 4.70. The molecule has 0 amide bonds. The first-order chi connectivity index (χ1) is 15.5. The maximum Gasteiger partial charge on any atom is 0.335 e. The molecular weight excluding hydrogens is 434 g/mol. The van der Waals surface area contributed by atoms with Crippen molar-refractivity contribution < 1.29 is 14.6 Å². The van der Waals surface area contributed by atoms with Crippen LogP contribution in [0.5, 0.6) is 5.75 Å². The molecule has 1 unspecified atom stereocenters. The average molecular weight is 462 g/mol. The number of benzene rings is 4. The van der Waals surface area contributed by atoms with Gasteiger partial charge in [-0.2, -0.15) is 0 Å². The van der Waals surface area contributed by atoms with Crippen molar-refractivity contribution in [2.45, 2.75) is 26.4 Å². The van der Waals surface area contributed by atoms with Gasteiger partial charge in [0.05, 0.1) is 12.7 Å². The fourth-order valence-corrected chi connectivity index (χ4v) is 4.16. The average Bonchev–Trinajstić information content (AvgIpc) is 2.82. The molecule has 0 bridgehead atoms. The molecule has 4 aromatic rings. The number of nitrogens with one attached hydrogen (secondary N) is 1. The summed E-state index contributed by atoms with van der Waals surface area (Å²) < 4.78 is 5.35. The van der Waals surface area contributed by atoms with Crippen molar-refractivity contribution in [3.05, 3.63) is 101 Å². The highest BCUT2D eigenvalue weighted by Crippen LogP contribution is 2.33. The first-order valence-corrected chi connectivity index (χ1v) is 10.7. The Morgan fingerprint density at radius 3 is 2.48 bits per heavy atom. The second-order valence-corrected chi connectivity index (χ2v) is 8.03. The maximum atomic E-state index is 11.7. The Kier molecular flexibility index (Phi) is 7.75. The molecule has 0 saturated carbocycles. The smallest absolute Gasteiger partial charge is 0.335 e. The molecule has 0 spiro atoms. The van der Waals surface area contributed by atoms with Crippen LogP contribution in [0.25, 0.3) is 21.9 Å². The van der Waals surface area contributed by atoms with Gasteiger partial charge >= 0.3 is 5.97 Å². The molecule has 0 radical (unpaired) electrons. The molecule has 0 aliphatic carbocycles. The number of halogens is 1. The van der Waals surface area contributed by atoms with Gasteiger partial charge in [-0.25, -0.2) is 4.79 Å². The highest BCUT2D eigenvalue weighted by atomic mass is 35.5. The van der Waals surface area contributed by atoms with Gasteiger partial charge in [-0.1, -0.05) is 48.5 Å². The molecule has 0 heterocycles. The van der Waals surface area contributed by atoms with E-state index in [1.807, 2.05) is 49.4 Å². The summed E-state index contributed by atoms with van der Waals surface area (Å²) in [5.41, 5.74) is 5.42. The lowest BCUT2D eigenvalue weighted by atomic mass is 9.91. The molecule has 0 aliphatic heterocycles. The van der Waals surface area contributed by atoms with E-state index in [4.69, 9.17) is 4.74 Å². The number of carboxylic acid groups (broad SMARTS) is 1. The van der Waals surface area contributed by atoms with Crippen molar-refractivity contribution in [2.75, 3.05) is 7.11 Å². The van der Waals surface area contributed by atoms with Crippen molar-refractivity contribution in [1.29, 1.82) is 0 Å². The van der Waals surface area contributed by atoms with E-state index >= 15 is 0 Å². The second kappa shape index (κ2) is 10.5. The van der Waals surface area contributed by atoms with E-state index in [1.54, 1.807) is 13.2 Å². The number of rotatable bonds is 7. The summed E-state index contributed by atoms with van der Waals surface area (Å²) >= 11 is 0. The molecule has 170 valence electrons. The van der Waals surface area contributed by atoms with Crippen LogP contribution in [0.1, 0.15) is 40.0 Å². The van der Waals surface area contributed by atoms with Crippen LogP contribution in [0, 0.1) is 6.92 Å². The SMILES string of the molecule is COc1cccc(C(C)NCc2cc(-c3cccc(C(=O)O)c3C)c3ccccc3c2)c1.Cl. The maximum absolute atomic E-state index is 11.7. The monoisotopic (exact) mass is 461 g/mol. The molecule has 33 heavy (non-hydrogen) atoms. The minimum absolute atomic E-state index is 0. The lowest BCUT2D eigenvalue weighted by molar-refractivity contribution is 0.0696. The van der Waals surface area contributed by atoms with Gasteiger partial charge in [-0.15, -0.1) is 12.4 Å². The van der Waals surface area contributed by atoms with Gasteiger partial charge in [0.25, 0.3) is 0 Å². The van der Waals surface area contributed by atoms with Gasteiger partial charge in [0.1, 0.15) is 5.75 Å². The van der Waals surface area contributed by atoms with E-state index in [1.165, 1.54) is 0 Å². The van der Waals surface area contributed by atoms with Crippen molar-refractivity contribution >= 4 is 29.1 Å². The Morgan fingerprint density at radius 1 is 0.970 bits per heavy atom. The topological polar surface area (TPSA) is 58.6 Å². The third-order valence-electron chi connectivity index (χ3n) is 5.98. The number of methoxy groups -OCH3 is 1. The predicted octanol–water partition coefficient (Wildman–Crippen LogP) is 6.79. The Balaban J connectivity index is 0.00000306. The zero-order valence-electron chi connectivity index (χ0n) is 19.0. The Morgan fingerprint density at radius 2 is 1.73 bits per heavy atom. The second-order valence-electron chi connectivity index (χ2n) is 8.03. The van der Waals surface area contributed by atoms with Crippen LogP contribution >= 0.6 is 12.4 Å². The Bertz CT molecular complexity index is 1290. The van der Waals surface area contributed by atoms with E-state index in [2.05, 4.69) is 42.6 Å². The van der Waals surface area contributed by atoms with E-state index < -0.39 is 5.97 Å². The first-order valence-electron chi connectivity index (χ1n) is 10.7. The zero-order valence-corrected chi connectivity index (χ0v) is 19.8. The van der Waals surface area contributed by atoms with Crippen molar-refractivity contribution in [3.8, 4) is 16.9 Å². The minimum atomic E-state index is -0.904. The zero-order chi connectivity index (χ0) is 22.7. The van der Waals surface area contributed by atoms with Crippen LogP contribution in [-0.2, 0) is 6.54 Å². The predicted molar refractivity (Wildman–Crippen MR) is 137 cm³/mol. The van der Waals surface area contributed by atoms with Crippen LogP contribution < -0.4 is 10.1 Å². The normalized spacial score (nSPS) is 11.6. The molecule has 2 N–H and O–H groups in total. The van der Waals surface area contributed by atoms with Crippen LogP contribution in [0.2, 0.25) is 0 Å². The number of ether oxygens (including phenoxy) is 1. The van der Waals surface area contributed by atoms with Gasteiger partial charge < -0.3 is 15.2 Å². The summed E-state index contributed by atoms with van der Waals surface area (Å²) in [4.78, 5) is 11.7. The van der Waals surface area contributed by atoms with Gasteiger partial charge in [0, 0.05) is 12.6 Å². The number of hydrogen-bond acceptors (Lipinski definition) is 3. The van der Waals surface area contributed by atoms with Crippen LogP contribution in [0.3, 0.4) is 0 Å². The van der Waals surface area contributed by atoms with Gasteiger partial charge in [-0.05, 0) is 82.8 Å². The van der Waals surface area contributed by atoms with E-state index in [9.17, 15) is 9.90 Å². The Labute approximate surface area is 200 Å². The number of carboxylic acids is 1. The standard InChI is InChI=1S/C28H27NO3.ClH/c1-18-24(12-7-13-25(18)28(30)31)27-15-20(14-22-8-4-5-11-26(22)27)17-29-19(2)21-9-6-10-23(16-21)32-3;/h4-16,19,29H,17H2,1-3H3,(H,30,31);1H. The van der Waals surface area contributed by atoms with Crippen molar-refractivity contribution in [3.63, 3.8) is 0 Å². The van der Waals surface area contributed by atoms with Gasteiger partial charge in [0.2, 0.25) is 0 Å². The van der Waals surface area contributed by atoms with E-state index in [0.717, 1.165) is 44.3 Å². The van der Waals surface area contributed by atoms with E-state index in [-0.39, 0.29) is 18.4 Å². The summed E-state index contributed by atoms with van der Waals surface area (Å²) in [6.07, 6.45) is 0. The van der Waals surface area contributed by atoms with Crippen molar-refractivity contribution in [1.82, 2.24) is 5.32 Å². The Hall–Kier alpha value is -3.34.